The number of nitrogens with zero attached hydrogens (tertiary/aromatic N) is 3. The molecule has 0 saturated heterocycles. The van der Waals surface area contributed by atoms with Gasteiger partial charge in [0.15, 0.2) is 0 Å². The normalized spacial score (nSPS) is 13.7. The zero-order valence-corrected chi connectivity index (χ0v) is 15.9. The number of carbonyl (C=O) groups excluding carboxylic acids is 1. The molecule has 5 nitrogen and oxygen atoms in total. The van der Waals surface area contributed by atoms with Gasteiger partial charge in [0.2, 0.25) is 5.91 Å². The van der Waals surface area contributed by atoms with Gasteiger partial charge in [0.25, 0.3) is 0 Å². The molecule has 136 valence electrons. The zero-order chi connectivity index (χ0) is 17.9. The number of hydrogen-bond donors (Lipinski definition) is 1. The summed E-state index contributed by atoms with van der Waals surface area (Å²) in [4.78, 5) is 23.3. The van der Waals surface area contributed by atoms with Gasteiger partial charge in [0.05, 0.1) is 21.7 Å². The first kappa shape index (κ1) is 17.2. The first-order valence-corrected chi connectivity index (χ1v) is 10.2. The van der Waals surface area contributed by atoms with Crippen LogP contribution in [0.15, 0.2) is 24.3 Å². The van der Waals surface area contributed by atoms with Gasteiger partial charge in [-0.05, 0) is 37.8 Å². The van der Waals surface area contributed by atoms with Gasteiger partial charge in [-0.2, -0.15) is 0 Å². The maximum Gasteiger partial charge on any atom is 0.240 e. The van der Waals surface area contributed by atoms with Crippen molar-refractivity contribution in [2.75, 3.05) is 6.54 Å². The molecule has 0 radical (unpaired) electrons. The van der Waals surface area contributed by atoms with Crippen molar-refractivity contribution >= 4 is 28.3 Å². The van der Waals surface area contributed by atoms with Crippen LogP contribution in [0.2, 0.25) is 0 Å². The fourth-order valence-electron chi connectivity index (χ4n) is 3.59. The third-order valence-electron chi connectivity index (χ3n) is 4.90. The molecule has 1 aliphatic rings. The van der Waals surface area contributed by atoms with Gasteiger partial charge in [-0.15, -0.1) is 11.3 Å². The summed E-state index contributed by atoms with van der Waals surface area (Å²) < 4.78 is 2.02. The minimum Gasteiger partial charge on any atom is -0.354 e. The number of fused-ring (bicyclic) bond motifs is 2. The predicted octanol–water partition coefficient (Wildman–Crippen LogP) is 3.29. The lowest BCUT2D eigenvalue weighted by atomic mass is 10.0. The lowest BCUT2D eigenvalue weighted by Gasteiger charge is -2.08. The monoisotopic (exact) mass is 368 g/mol. The molecule has 26 heavy (non-hydrogen) atoms. The summed E-state index contributed by atoms with van der Waals surface area (Å²) in [6, 6.07) is 7.98. The van der Waals surface area contributed by atoms with Crippen LogP contribution in [-0.2, 0) is 37.0 Å². The van der Waals surface area contributed by atoms with Crippen LogP contribution in [0.3, 0.4) is 0 Å². The number of para-hydroxylation sites is 2. The van der Waals surface area contributed by atoms with Crippen molar-refractivity contribution < 1.29 is 4.79 Å². The van der Waals surface area contributed by atoms with Crippen LogP contribution in [-0.4, -0.2) is 27.0 Å². The topological polar surface area (TPSA) is 59.8 Å². The highest BCUT2D eigenvalue weighted by Crippen LogP contribution is 2.26. The van der Waals surface area contributed by atoms with E-state index < -0.39 is 0 Å². The second-order valence-electron chi connectivity index (χ2n) is 6.74. The number of rotatable bonds is 6. The van der Waals surface area contributed by atoms with Crippen molar-refractivity contribution in [2.45, 2.75) is 52.0 Å². The molecule has 4 rings (SSSR count). The molecule has 1 aliphatic carbocycles. The Morgan fingerprint density at radius 2 is 2.08 bits per heavy atom. The summed E-state index contributed by atoms with van der Waals surface area (Å²) in [6.45, 7) is 3.03. The molecule has 0 atom stereocenters. The largest absolute Gasteiger partial charge is 0.354 e. The minimum atomic E-state index is 0.0316. The lowest BCUT2D eigenvalue weighted by molar-refractivity contribution is -0.121. The Morgan fingerprint density at radius 3 is 2.92 bits per heavy atom. The van der Waals surface area contributed by atoms with E-state index in [-0.39, 0.29) is 5.91 Å². The molecule has 3 aromatic rings. The Hall–Kier alpha value is -2.21. The molecular formula is C20H24N4OS. The zero-order valence-electron chi connectivity index (χ0n) is 15.1. The van der Waals surface area contributed by atoms with Gasteiger partial charge < -0.3 is 9.88 Å². The maximum atomic E-state index is 12.4. The van der Waals surface area contributed by atoms with Crippen molar-refractivity contribution in [3.8, 4) is 0 Å². The maximum absolute atomic E-state index is 12.4. The van der Waals surface area contributed by atoms with Crippen molar-refractivity contribution in [1.29, 1.82) is 0 Å². The molecule has 0 unspecified atom stereocenters. The Kier molecular flexibility index (Phi) is 5.02. The number of aromatic nitrogens is 3. The van der Waals surface area contributed by atoms with E-state index in [4.69, 9.17) is 4.98 Å². The van der Waals surface area contributed by atoms with Crippen LogP contribution in [0.4, 0.5) is 0 Å². The molecule has 1 N–H and O–H groups in total. The predicted molar refractivity (Wildman–Crippen MR) is 105 cm³/mol. The lowest BCUT2D eigenvalue weighted by Crippen LogP contribution is -2.29. The highest BCUT2D eigenvalue weighted by Gasteiger charge is 2.15. The summed E-state index contributed by atoms with van der Waals surface area (Å²) in [5.74, 6) is 0.984. The van der Waals surface area contributed by atoms with Gasteiger partial charge >= 0.3 is 0 Å². The number of carbonyl (C=O) groups is 1. The van der Waals surface area contributed by atoms with E-state index >= 15 is 0 Å². The average molecular weight is 369 g/mol. The van der Waals surface area contributed by atoms with Crippen LogP contribution in [0, 0.1) is 0 Å². The van der Waals surface area contributed by atoms with Crippen LogP contribution < -0.4 is 5.32 Å². The second-order valence-corrected chi connectivity index (χ2v) is 7.91. The van der Waals surface area contributed by atoms with E-state index in [1.165, 1.54) is 29.8 Å². The Labute approximate surface area is 157 Å². The van der Waals surface area contributed by atoms with E-state index in [1.54, 1.807) is 0 Å². The summed E-state index contributed by atoms with van der Waals surface area (Å²) in [7, 11) is 0. The van der Waals surface area contributed by atoms with Gasteiger partial charge in [-0.3, -0.25) is 4.79 Å². The smallest absolute Gasteiger partial charge is 0.240 e. The van der Waals surface area contributed by atoms with Gasteiger partial charge in [-0.25, -0.2) is 9.97 Å². The molecule has 0 bridgehead atoms. The van der Waals surface area contributed by atoms with Crippen LogP contribution in [0.5, 0.6) is 0 Å². The van der Waals surface area contributed by atoms with E-state index in [1.807, 2.05) is 40.2 Å². The number of amides is 1. The van der Waals surface area contributed by atoms with E-state index in [0.717, 1.165) is 41.1 Å². The molecule has 1 aromatic carbocycles. The number of aryl methyl sites for hydroxylation is 3. The van der Waals surface area contributed by atoms with Crippen LogP contribution in [0.25, 0.3) is 11.0 Å². The van der Waals surface area contributed by atoms with Gasteiger partial charge in [-0.1, -0.05) is 19.1 Å². The van der Waals surface area contributed by atoms with Crippen LogP contribution >= 0.6 is 11.3 Å². The molecule has 0 aliphatic heterocycles. The Morgan fingerprint density at radius 1 is 1.23 bits per heavy atom. The molecule has 2 heterocycles. The summed E-state index contributed by atoms with van der Waals surface area (Å²) in [5.41, 5.74) is 3.26. The molecule has 0 saturated carbocycles. The highest BCUT2D eigenvalue weighted by molar-refractivity contribution is 7.11. The Balaban J connectivity index is 1.36. The molecule has 1 amide bonds. The minimum absolute atomic E-state index is 0.0316. The fourth-order valence-corrected chi connectivity index (χ4v) is 4.75. The number of thiazole rings is 1. The average Bonchev–Trinajstić information content (AvgIpc) is 3.22. The van der Waals surface area contributed by atoms with E-state index in [9.17, 15) is 4.79 Å². The number of hydrogen-bond acceptors (Lipinski definition) is 4. The molecular weight excluding hydrogens is 344 g/mol. The molecule has 0 spiro atoms. The first-order valence-electron chi connectivity index (χ1n) is 9.43. The first-order chi connectivity index (χ1) is 12.7. The Bertz CT molecular complexity index is 904. The summed E-state index contributed by atoms with van der Waals surface area (Å²) in [6.07, 6.45) is 6.45. The number of benzene rings is 1. The number of nitrogens with one attached hydrogen (secondary N) is 1. The SMILES string of the molecule is CCc1nc2ccccc2n1CC(=O)NCCc1nc2c(s1)CCCC2. The van der Waals surface area contributed by atoms with Gasteiger partial charge in [0.1, 0.15) is 12.4 Å². The summed E-state index contributed by atoms with van der Waals surface area (Å²) >= 11 is 1.82. The van der Waals surface area contributed by atoms with Gasteiger partial charge in [0, 0.05) is 24.3 Å². The van der Waals surface area contributed by atoms with E-state index in [2.05, 4.69) is 17.2 Å². The number of imidazole rings is 1. The van der Waals surface area contributed by atoms with Crippen molar-refractivity contribution in [1.82, 2.24) is 19.9 Å². The summed E-state index contributed by atoms with van der Waals surface area (Å²) in [5, 5.41) is 4.20. The van der Waals surface area contributed by atoms with Crippen LogP contribution in [0.1, 0.15) is 41.2 Å². The molecule has 0 fully saturated rings. The molecule has 2 aromatic heterocycles. The quantitative estimate of drug-likeness (QED) is 0.726. The third-order valence-corrected chi connectivity index (χ3v) is 6.12. The highest BCUT2D eigenvalue weighted by atomic mass is 32.1. The van der Waals surface area contributed by atoms with Crippen molar-refractivity contribution in [3.05, 3.63) is 45.7 Å². The third kappa shape index (κ3) is 3.51. The molecule has 6 heteroatoms. The van der Waals surface area contributed by atoms with E-state index in [0.29, 0.717) is 13.1 Å². The fraction of sp³-hybridized carbons (Fsp3) is 0.450. The van der Waals surface area contributed by atoms with Crippen molar-refractivity contribution in [2.24, 2.45) is 0 Å². The standard InChI is InChI=1S/C20H24N4OS/c1-2-18-22-14-7-3-5-9-16(14)24(18)13-19(25)21-12-11-20-23-15-8-4-6-10-17(15)26-20/h3,5,7,9H,2,4,6,8,10-13H2,1H3,(H,21,25). The second kappa shape index (κ2) is 7.58. The van der Waals surface area contributed by atoms with Crippen molar-refractivity contribution in [3.63, 3.8) is 0 Å².